The van der Waals surface area contributed by atoms with Crippen LogP contribution in [-0.4, -0.2) is 48.5 Å². The minimum absolute atomic E-state index is 0.00443. The normalized spacial score (nSPS) is 28.4. The average molecular weight is 492 g/mol. The summed E-state index contributed by atoms with van der Waals surface area (Å²) in [5.74, 6) is 0.148. The van der Waals surface area contributed by atoms with E-state index in [0.717, 1.165) is 70.6 Å². The maximum absolute atomic E-state index is 12.9. The highest BCUT2D eigenvalue weighted by Gasteiger charge is 2.33. The quantitative estimate of drug-likeness (QED) is 0.221. The molecule has 9 heteroatoms. The molecule has 0 bridgehead atoms. The van der Waals surface area contributed by atoms with Gasteiger partial charge in [0, 0.05) is 17.9 Å². The van der Waals surface area contributed by atoms with Crippen LogP contribution in [0.1, 0.15) is 96.8 Å². The molecular formula is C26H45N5O4. The molecule has 35 heavy (non-hydrogen) atoms. The van der Waals surface area contributed by atoms with Gasteiger partial charge >= 0.3 is 5.97 Å². The molecule has 9 nitrogen and oxygen atoms in total. The fraction of sp³-hybridized carbons (Fsp3) is 0.846. The van der Waals surface area contributed by atoms with Crippen molar-refractivity contribution in [3.8, 4) is 0 Å². The van der Waals surface area contributed by atoms with Crippen molar-refractivity contribution in [2.24, 2.45) is 34.2 Å². The molecule has 3 aliphatic carbocycles. The molecule has 3 fully saturated rings. The van der Waals surface area contributed by atoms with Crippen molar-refractivity contribution in [2.75, 3.05) is 6.61 Å². The van der Waals surface area contributed by atoms with Crippen molar-refractivity contribution < 1.29 is 19.1 Å². The lowest BCUT2D eigenvalue weighted by atomic mass is 9.81. The molecule has 6 N–H and O–H groups in total. The second-order valence-corrected chi connectivity index (χ2v) is 10.7. The lowest BCUT2D eigenvalue weighted by Crippen LogP contribution is -2.47. The van der Waals surface area contributed by atoms with Gasteiger partial charge < -0.3 is 26.8 Å². The number of amides is 2. The van der Waals surface area contributed by atoms with Crippen molar-refractivity contribution in [2.45, 2.75) is 115 Å². The Labute approximate surface area is 209 Å². The van der Waals surface area contributed by atoms with E-state index in [1.165, 1.54) is 6.42 Å². The van der Waals surface area contributed by atoms with E-state index in [2.05, 4.69) is 15.6 Å². The first-order valence-corrected chi connectivity index (χ1v) is 13.7. The van der Waals surface area contributed by atoms with Crippen molar-refractivity contribution >= 4 is 23.7 Å². The average Bonchev–Trinajstić information content (AvgIpc) is 2.85. The summed E-state index contributed by atoms with van der Waals surface area (Å²) in [5.41, 5.74) is 11.0. The van der Waals surface area contributed by atoms with Gasteiger partial charge in [-0.15, -0.1) is 0 Å². The van der Waals surface area contributed by atoms with E-state index in [0.29, 0.717) is 25.4 Å². The minimum Gasteiger partial charge on any atom is -0.464 e. The van der Waals surface area contributed by atoms with Gasteiger partial charge in [-0.3, -0.25) is 14.6 Å². The molecule has 0 aromatic carbocycles. The van der Waals surface area contributed by atoms with Crippen molar-refractivity contribution in [3.05, 3.63) is 0 Å². The van der Waals surface area contributed by atoms with Crippen LogP contribution in [0.2, 0.25) is 0 Å². The summed E-state index contributed by atoms with van der Waals surface area (Å²) in [6.45, 7) is 2.09. The van der Waals surface area contributed by atoms with E-state index in [-0.39, 0.29) is 47.7 Å². The number of carbonyl (C=O) groups is 3. The molecule has 0 heterocycles. The Hall–Kier alpha value is -2.32. The molecule has 0 saturated heterocycles. The molecular weight excluding hydrogens is 446 g/mol. The van der Waals surface area contributed by atoms with Crippen LogP contribution in [0.5, 0.6) is 0 Å². The summed E-state index contributed by atoms with van der Waals surface area (Å²) >= 11 is 0. The molecule has 3 unspecified atom stereocenters. The zero-order valence-corrected chi connectivity index (χ0v) is 21.3. The number of esters is 1. The van der Waals surface area contributed by atoms with Gasteiger partial charge in [-0.05, 0) is 77.0 Å². The number of nitrogens with zero attached hydrogens (tertiary/aromatic N) is 1. The molecule has 3 rings (SSSR count). The molecule has 0 spiro atoms. The van der Waals surface area contributed by atoms with Crippen LogP contribution in [0.3, 0.4) is 0 Å². The third-order valence-corrected chi connectivity index (χ3v) is 7.97. The topological polar surface area (TPSA) is 149 Å². The Morgan fingerprint density at radius 2 is 1.57 bits per heavy atom. The lowest BCUT2D eigenvalue weighted by molar-refractivity contribution is -0.148. The van der Waals surface area contributed by atoms with Gasteiger partial charge in [0.25, 0.3) is 0 Å². The highest BCUT2D eigenvalue weighted by molar-refractivity contribution is 5.85. The van der Waals surface area contributed by atoms with Gasteiger partial charge in [-0.1, -0.05) is 25.7 Å². The van der Waals surface area contributed by atoms with Crippen LogP contribution < -0.4 is 22.1 Å². The van der Waals surface area contributed by atoms with Crippen molar-refractivity contribution in [3.63, 3.8) is 0 Å². The second-order valence-electron chi connectivity index (χ2n) is 10.7. The van der Waals surface area contributed by atoms with Gasteiger partial charge in [0.1, 0.15) is 6.04 Å². The molecule has 3 saturated carbocycles. The Kier molecular flexibility index (Phi) is 10.7. The van der Waals surface area contributed by atoms with Crippen LogP contribution >= 0.6 is 0 Å². The van der Waals surface area contributed by atoms with Crippen LogP contribution in [0.25, 0.3) is 0 Å². The van der Waals surface area contributed by atoms with Crippen LogP contribution in [0, 0.1) is 17.8 Å². The van der Waals surface area contributed by atoms with Crippen LogP contribution in [0.15, 0.2) is 4.99 Å². The highest BCUT2D eigenvalue weighted by Crippen LogP contribution is 2.31. The number of hydrogen-bond acceptors (Lipinski definition) is 5. The number of rotatable bonds is 9. The summed E-state index contributed by atoms with van der Waals surface area (Å²) in [5, 5.41) is 6.25. The van der Waals surface area contributed by atoms with Gasteiger partial charge in [0.05, 0.1) is 12.6 Å². The molecule has 3 aliphatic rings. The first-order valence-electron chi connectivity index (χ1n) is 13.7. The van der Waals surface area contributed by atoms with Gasteiger partial charge in [-0.25, -0.2) is 4.79 Å². The number of hydrogen-bond donors (Lipinski definition) is 4. The first-order chi connectivity index (χ1) is 16.9. The Balaban J connectivity index is 1.46. The van der Waals surface area contributed by atoms with Gasteiger partial charge in [0.2, 0.25) is 11.8 Å². The predicted molar refractivity (Wildman–Crippen MR) is 135 cm³/mol. The SMILES string of the molecule is CCOC(=O)C(CC1CCC(NC(=O)C2CCCC(N=C(N)N)C2)CC1)NC(=O)C1CCCCC1. The minimum atomic E-state index is -0.588. The predicted octanol–water partition coefficient (Wildman–Crippen LogP) is 2.51. The van der Waals surface area contributed by atoms with Crippen LogP contribution in [-0.2, 0) is 19.1 Å². The number of carbonyl (C=O) groups excluding carboxylic acids is 3. The highest BCUT2D eigenvalue weighted by atomic mass is 16.5. The third kappa shape index (κ3) is 8.69. The summed E-state index contributed by atoms with van der Waals surface area (Å²) in [7, 11) is 0. The van der Waals surface area contributed by atoms with E-state index in [1.54, 1.807) is 6.92 Å². The number of nitrogens with two attached hydrogens (primary N) is 2. The summed E-state index contributed by atoms with van der Waals surface area (Å²) in [6.07, 6.45) is 12.8. The monoisotopic (exact) mass is 491 g/mol. The van der Waals surface area contributed by atoms with E-state index >= 15 is 0 Å². The second kappa shape index (κ2) is 13.7. The largest absolute Gasteiger partial charge is 0.464 e. The van der Waals surface area contributed by atoms with E-state index < -0.39 is 6.04 Å². The first kappa shape index (κ1) is 27.3. The Bertz CT molecular complexity index is 740. The molecule has 0 radical (unpaired) electrons. The molecule has 0 aliphatic heterocycles. The maximum atomic E-state index is 12.9. The standard InChI is InChI=1S/C26H45N5O4/c1-2-35-25(34)22(31-23(32)18-7-4-3-5-8-18)15-17-11-13-20(14-12-17)29-24(33)19-9-6-10-21(16-19)30-26(27)28/h17-22H,2-16H2,1H3,(H,29,33)(H,31,32)(H4,27,28,30). The Morgan fingerprint density at radius 1 is 0.886 bits per heavy atom. The maximum Gasteiger partial charge on any atom is 0.328 e. The number of nitrogens with one attached hydrogen (secondary N) is 2. The van der Waals surface area contributed by atoms with Crippen molar-refractivity contribution in [1.29, 1.82) is 0 Å². The summed E-state index contributed by atoms with van der Waals surface area (Å²) in [4.78, 5) is 42.5. The summed E-state index contributed by atoms with van der Waals surface area (Å²) < 4.78 is 5.27. The molecule has 2 amide bonds. The summed E-state index contributed by atoms with van der Waals surface area (Å²) in [6, 6.07) is -0.404. The smallest absolute Gasteiger partial charge is 0.328 e. The number of ether oxygens (including phenoxy) is 1. The van der Waals surface area contributed by atoms with Crippen LogP contribution in [0.4, 0.5) is 0 Å². The Morgan fingerprint density at radius 3 is 2.23 bits per heavy atom. The lowest BCUT2D eigenvalue weighted by Gasteiger charge is -2.33. The zero-order valence-electron chi connectivity index (χ0n) is 21.3. The van der Waals surface area contributed by atoms with E-state index in [4.69, 9.17) is 16.2 Å². The fourth-order valence-corrected chi connectivity index (χ4v) is 6.04. The fourth-order valence-electron chi connectivity index (χ4n) is 6.04. The van der Waals surface area contributed by atoms with E-state index in [1.807, 2.05) is 0 Å². The van der Waals surface area contributed by atoms with Crippen molar-refractivity contribution in [1.82, 2.24) is 10.6 Å². The van der Waals surface area contributed by atoms with E-state index in [9.17, 15) is 14.4 Å². The van der Waals surface area contributed by atoms with Gasteiger partial charge in [-0.2, -0.15) is 0 Å². The number of guanidine groups is 1. The number of aliphatic imine (C=N–C) groups is 1. The third-order valence-electron chi connectivity index (χ3n) is 7.97. The molecule has 0 aromatic rings. The molecule has 198 valence electrons. The zero-order chi connectivity index (χ0) is 25.2. The molecule has 3 atom stereocenters. The molecule has 0 aromatic heterocycles. The van der Waals surface area contributed by atoms with Gasteiger partial charge in [0.15, 0.2) is 5.96 Å².